The Kier molecular flexibility index (Phi) is 4.33. The summed E-state index contributed by atoms with van der Waals surface area (Å²) in [6.45, 7) is 0. The highest BCUT2D eigenvalue weighted by atomic mass is 16.2. The first-order valence-electron chi connectivity index (χ1n) is 8.59. The Bertz CT molecular complexity index is 1020. The summed E-state index contributed by atoms with van der Waals surface area (Å²) in [4.78, 5) is 37.0. The molecule has 7 heteroatoms. The van der Waals surface area contributed by atoms with Crippen molar-refractivity contribution < 1.29 is 9.59 Å². The first-order valence-corrected chi connectivity index (χ1v) is 8.59. The van der Waals surface area contributed by atoms with Gasteiger partial charge in [-0.25, -0.2) is 4.98 Å². The SMILES string of the molecule is NC(=O)c1ccnc(NC(=O)C2CC2)c1-c1cnccc1-c1cccnc1. The van der Waals surface area contributed by atoms with Crippen molar-refractivity contribution in [3.05, 3.63) is 60.8 Å². The zero-order valence-corrected chi connectivity index (χ0v) is 14.4. The van der Waals surface area contributed by atoms with Crippen molar-refractivity contribution in [2.75, 3.05) is 5.32 Å². The first-order chi connectivity index (χ1) is 13.1. The Morgan fingerprint density at radius 2 is 1.81 bits per heavy atom. The number of nitrogens with zero attached hydrogens (tertiary/aromatic N) is 3. The van der Waals surface area contributed by atoms with Gasteiger partial charge in [-0.05, 0) is 36.6 Å². The van der Waals surface area contributed by atoms with Gasteiger partial charge in [-0.15, -0.1) is 0 Å². The summed E-state index contributed by atoms with van der Waals surface area (Å²) < 4.78 is 0. The Hall–Kier alpha value is -3.61. The molecule has 0 atom stereocenters. The van der Waals surface area contributed by atoms with Crippen LogP contribution in [-0.2, 0) is 4.79 Å². The second-order valence-corrected chi connectivity index (χ2v) is 6.37. The lowest BCUT2D eigenvalue weighted by molar-refractivity contribution is -0.117. The molecule has 2 amide bonds. The molecular formula is C20H17N5O2. The fourth-order valence-electron chi connectivity index (χ4n) is 2.97. The Balaban J connectivity index is 1.90. The number of rotatable bonds is 5. The third kappa shape index (κ3) is 3.39. The third-order valence-electron chi connectivity index (χ3n) is 4.47. The zero-order chi connectivity index (χ0) is 18.8. The van der Waals surface area contributed by atoms with Crippen LogP contribution in [0.25, 0.3) is 22.3 Å². The summed E-state index contributed by atoms with van der Waals surface area (Å²) in [7, 11) is 0. The molecule has 3 aromatic heterocycles. The monoisotopic (exact) mass is 359 g/mol. The average molecular weight is 359 g/mol. The zero-order valence-electron chi connectivity index (χ0n) is 14.4. The molecule has 0 unspecified atom stereocenters. The van der Waals surface area contributed by atoms with E-state index >= 15 is 0 Å². The highest BCUT2D eigenvalue weighted by Crippen LogP contribution is 2.38. The van der Waals surface area contributed by atoms with E-state index in [1.165, 1.54) is 6.20 Å². The van der Waals surface area contributed by atoms with E-state index in [0.29, 0.717) is 16.9 Å². The van der Waals surface area contributed by atoms with Crippen LogP contribution in [0.5, 0.6) is 0 Å². The lowest BCUT2D eigenvalue weighted by Gasteiger charge is -2.16. The summed E-state index contributed by atoms with van der Waals surface area (Å²) in [6.07, 6.45) is 9.90. The number of hydrogen-bond acceptors (Lipinski definition) is 5. The van der Waals surface area contributed by atoms with Gasteiger partial charge in [0.05, 0.1) is 5.56 Å². The largest absolute Gasteiger partial charge is 0.366 e. The number of nitrogens with one attached hydrogen (secondary N) is 1. The van der Waals surface area contributed by atoms with Crippen LogP contribution in [0.15, 0.2) is 55.2 Å². The number of anilines is 1. The van der Waals surface area contributed by atoms with E-state index in [1.807, 2.05) is 18.2 Å². The van der Waals surface area contributed by atoms with Crippen molar-refractivity contribution in [2.24, 2.45) is 11.7 Å². The van der Waals surface area contributed by atoms with Crippen molar-refractivity contribution in [1.82, 2.24) is 15.0 Å². The Morgan fingerprint density at radius 1 is 1.00 bits per heavy atom. The fourth-order valence-corrected chi connectivity index (χ4v) is 2.97. The molecule has 0 radical (unpaired) electrons. The summed E-state index contributed by atoms with van der Waals surface area (Å²) in [5.74, 6) is -0.391. The van der Waals surface area contributed by atoms with Crippen LogP contribution in [0.3, 0.4) is 0 Å². The van der Waals surface area contributed by atoms with Gasteiger partial charge in [-0.1, -0.05) is 6.07 Å². The van der Waals surface area contributed by atoms with Crippen LogP contribution < -0.4 is 11.1 Å². The fraction of sp³-hybridized carbons (Fsp3) is 0.150. The third-order valence-corrected chi connectivity index (χ3v) is 4.47. The van der Waals surface area contributed by atoms with Gasteiger partial charge in [0.2, 0.25) is 11.8 Å². The number of pyridine rings is 3. The maximum Gasteiger partial charge on any atom is 0.249 e. The summed E-state index contributed by atoms with van der Waals surface area (Å²) in [5, 5.41) is 2.84. The number of hydrogen-bond donors (Lipinski definition) is 2. The molecule has 7 nitrogen and oxygen atoms in total. The van der Waals surface area contributed by atoms with Gasteiger partial charge in [0, 0.05) is 53.6 Å². The highest BCUT2D eigenvalue weighted by Gasteiger charge is 2.31. The van der Waals surface area contributed by atoms with Gasteiger partial charge in [0.25, 0.3) is 0 Å². The van der Waals surface area contributed by atoms with E-state index in [2.05, 4.69) is 20.3 Å². The number of carbonyl (C=O) groups is 2. The molecule has 1 aliphatic carbocycles. The molecule has 0 bridgehead atoms. The van der Waals surface area contributed by atoms with Gasteiger partial charge in [-0.2, -0.15) is 0 Å². The quantitative estimate of drug-likeness (QED) is 0.727. The van der Waals surface area contributed by atoms with Gasteiger partial charge < -0.3 is 11.1 Å². The van der Waals surface area contributed by atoms with Gasteiger partial charge in [0.15, 0.2) is 0 Å². The van der Waals surface area contributed by atoms with E-state index in [9.17, 15) is 9.59 Å². The van der Waals surface area contributed by atoms with E-state index in [1.54, 1.807) is 30.9 Å². The predicted molar refractivity (Wildman–Crippen MR) is 101 cm³/mol. The van der Waals surface area contributed by atoms with E-state index < -0.39 is 5.91 Å². The van der Waals surface area contributed by atoms with Crippen LogP contribution in [0, 0.1) is 5.92 Å². The van der Waals surface area contributed by atoms with E-state index in [-0.39, 0.29) is 17.4 Å². The molecule has 3 heterocycles. The Labute approximate surface area is 155 Å². The van der Waals surface area contributed by atoms with E-state index in [4.69, 9.17) is 5.73 Å². The molecule has 134 valence electrons. The normalized spacial score (nSPS) is 13.2. The molecule has 0 aliphatic heterocycles. The van der Waals surface area contributed by atoms with Crippen molar-refractivity contribution in [1.29, 1.82) is 0 Å². The predicted octanol–water partition coefficient (Wildman–Crippen LogP) is 2.65. The highest BCUT2D eigenvalue weighted by molar-refractivity contribution is 6.07. The number of amides is 2. The number of nitrogens with two attached hydrogens (primary N) is 1. The topological polar surface area (TPSA) is 111 Å². The minimum atomic E-state index is -0.602. The minimum absolute atomic E-state index is 0.00331. The minimum Gasteiger partial charge on any atom is -0.366 e. The number of carbonyl (C=O) groups excluding carboxylic acids is 2. The van der Waals surface area contributed by atoms with Gasteiger partial charge in [-0.3, -0.25) is 19.6 Å². The lowest BCUT2D eigenvalue weighted by atomic mass is 9.94. The summed E-state index contributed by atoms with van der Waals surface area (Å²) in [5.41, 5.74) is 8.66. The first kappa shape index (κ1) is 16.8. The molecule has 27 heavy (non-hydrogen) atoms. The molecule has 0 aromatic carbocycles. The van der Waals surface area contributed by atoms with Crippen LogP contribution in [-0.4, -0.2) is 26.8 Å². The number of aromatic nitrogens is 3. The second kappa shape index (κ2) is 6.95. The average Bonchev–Trinajstić information content (AvgIpc) is 3.54. The molecule has 3 aromatic rings. The van der Waals surface area contributed by atoms with Crippen molar-refractivity contribution in [3.8, 4) is 22.3 Å². The maximum absolute atomic E-state index is 12.3. The smallest absolute Gasteiger partial charge is 0.249 e. The molecule has 4 rings (SSSR count). The maximum atomic E-state index is 12.3. The molecule has 3 N–H and O–H groups in total. The molecule has 1 saturated carbocycles. The van der Waals surface area contributed by atoms with E-state index in [0.717, 1.165) is 24.0 Å². The van der Waals surface area contributed by atoms with Crippen molar-refractivity contribution >= 4 is 17.6 Å². The van der Waals surface area contributed by atoms with Gasteiger partial charge in [0.1, 0.15) is 5.82 Å². The summed E-state index contributed by atoms with van der Waals surface area (Å²) in [6, 6.07) is 7.11. The lowest BCUT2D eigenvalue weighted by Crippen LogP contribution is -2.18. The molecule has 0 saturated heterocycles. The number of primary amides is 1. The molecule has 1 aliphatic rings. The van der Waals surface area contributed by atoms with Gasteiger partial charge >= 0.3 is 0 Å². The van der Waals surface area contributed by atoms with Crippen LogP contribution in [0.1, 0.15) is 23.2 Å². The van der Waals surface area contributed by atoms with Crippen molar-refractivity contribution in [2.45, 2.75) is 12.8 Å². The molecule has 1 fully saturated rings. The standard InChI is InChI=1S/C20H17N5O2/c21-18(26)15-6-9-24-19(25-20(27)12-3-4-12)17(15)16-11-23-8-5-14(16)13-2-1-7-22-10-13/h1-2,5-12H,3-4H2,(H2,21,26)(H,24,25,27). The Morgan fingerprint density at radius 3 is 2.52 bits per heavy atom. The van der Waals surface area contributed by atoms with Crippen LogP contribution >= 0.6 is 0 Å². The van der Waals surface area contributed by atoms with Crippen LogP contribution in [0.4, 0.5) is 5.82 Å². The molecular weight excluding hydrogens is 342 g/mol. The molecule has 0 spiro atoms. The second-order valence-electron chi connectivity index (χ2n) is 6.37. The van der Waals surface area contributed by atoms with Crippen molar-refractivity contribution in [3.63, 3.8) is 0 Å². The summed E-state index contributed by atoms with van der Waals surface area (Å²) >= 11 is 0. The van der Waals surface area contributed by atoms with Crippen LogP contribution in [0.2, 0.25) is 0 Å².